The van der Waals surface area contributed by atoms with E-state index in [0.29, 0.717) is 0 Å². The Morgan fingerprint density at radius 3 is 2.50 bits per heavy atom. The lowest BCUT2D eigenvalue weighted by atomic mass is 10.1. The van der Waals surface area contributed by atoms with Gasteiger partial charge in [-0.1, -0.05) is 0 Å². The van der Waals surface area contributed by atoms with Gasteiger partial charge in [0, 0.05) is 6.07 Å². The Morgan fingerprint density at radius 2 is 1.85 bits per heavy atom. The van der Waals surface area contributed by atoms with Gasteiger partial charge in [0.1, 0.15) is 31.1 Å². The first-order valence-corrected chi connectivity index (χ1v) is 7.41. The molecule has 0 atom stereocenters. The summed E-state index contributed by atoms with van der Waals surface area (Å²) < 4.78 is 25.3. The number of fused-ring (bicyclic) bond motifs is 1. The van der Waals surface area contributed by atoms with Gasteiger partial charge in [0.05, 0.1) is 18.1 Å². The molecule has 0 saturated carbocycles. The number of furan rings is 1. The van der Waals surface area contributed by atoms with Gasteiger partial charge in [-0.15, -0.1) is 0 Å². The summed E-state index contributed by atoms with van der Waals surface area (Å²) in [5, 5.41) is 11.2. The number of rotatable bonds is 5. The fourth-order valence-electron chi connectivity index (χ4n) is 2.27. The molecule has 10 heteroatoms. The normalized spacial score (nSPS) is 12.3. The number of ether oxygens (including phenoxy) is 4. The molecule has 3 rings (SSSR count). The summed E-state index contributed by atoms with van der Waals surface area (Å²) in [6.07, 6.45) is 0. The van der Waals surface area contributed by atoms with Crippen LogP contribution in [0.1, 0.15) is 26.7 Å². The fraction of sp³-hybridized carbons (Fsp3) is 0.250. The fourth-order valence-corrected chi connectivity index (χ4v) is 2.27. The average molecular weight is 363 g/mol. The van der Waals surface area contributed by atoms with Crippen LogP contribution in [0.25, 0.3) is 0 Å². The smallest absolute Gasteiger partial charge is 0.373 e. The quantitative estimate of drug-likeness (QED) is 0.445. The van der Waals surface area contributed by atoms with Gasteiger partial charge in [-0.25, -0.2) is 9.59 Å². The van der Waals surface area contributed by atoms with Crippen LogP contribution in [0.3, 0.4) is 0 Å². The van der Waals surface area contributed by atoms with Crippen molar-refractivity contribution in [3.8, 4) is 11.5 Å². The molecule has 0 amide bonds. The Balaban J connectivity index is 1.77. The molecule has 0 spiro atoms. The van der Waals surface area contributed by atoms with Crippen molar-refractivity contribution in [1.29, 1.82) is 0 Å². The lowest BCUT2D eigenvalue weighted by Gasteiger charge is -2.18. The van der Waals surface area contributed by atoms with Gasteiger partial charge >= 0.3 is 11.9 Å². The summed E-state index contributed by atoms with van der Waals surface area (Å²) in [5.74, 6) is -1.08. The molecule has 1 aliphatic rings. The molecule has 1 aromatic heterocycles. The summed E-state index contributed by atoms with van der Waals surface area (Å²) in [6.45, 7) is 0.207. The molecule has 26 heavy (non-hydrogen) atoms. The maximum atomic E-state index is 12.3. The van der Waals surface area contributed by atoms with Crippen molar-refractivity contribution in [1.82, 2.24) is 0 Å². The van der Waals surface area contributed by atoms with E-state index < -0.39 is 22.5 Å². The Morgan fingerprint density at radius 1 is 1.15 bits per heavy atom. The summed E-state index contributed by atoms with van der Waals surface area (Å²) >= 11 is 0. The minimum Gasteiger partial charge on any atom is -0.486 e. The highest BCUT2D eigenvalue weighted by molar-refractivity contribution is 5.95. The van der Waals surface area contributed by atoms with Crippen LogP contribution in [0.5, 0.6) is 11.5 Å². The molecule has 10 nitrogen and oxygen atoms in total. The molecule has 0 saturated heterocycles. The highest BCUT2D eigenvalue weighted by Crippen LogP contribution is 2.37. The van der Waals surface area contributed by atoms with Crippen molar-refractivity contribution in [3.05, 3.63) is 51.5 Å². The number of hydrogen-bond donors (Lipinski definition) is 0. The summed E-state index contributed by atoms with van der Waals surface area (Å²) in [6, 6.07) is 5.11. The van der Waals surface area contributed by atoms with E-state index in [1.54, 1.807) is 0 Å². The number of carbonyl (C=O) groups excluding carboxylic acids is 2. The van der Waals surface area contributed by atoms with E-state index in [4.69, 9.17) is 18.6 Å². The number of nitro groups is 1. The zero-order valence-corrected chi connectivity index (χ0v) is 13.6. The van der Waals surface area contributed by atoms with Crippen LogP contribution < -0.4 is 9.47 Å². The largest absolute Gasteiger partial charge is 0.486 e. The van der Waals surface area contributed by atoms with Crippen molar-refractivity contribution in [3.63, 3.8) is 0 Å². The second kappa shape index (κ2) is 7.13. The van der Waals surface area contributed by atoms with Gasteiger partial charge in [-0.2, -0.15) is 0 Å². The van der Waals surface area contributed by atoms with Gasteiger partial charge in [-0.3, -0.25) is 10.1 Å². The van der Waals surface area contributed by atoms with E-state index in [0.717, 1.165) is 6.07 Å². The second-order valence-electron chi connectivity index (χ2n) is 5.10. The molecular weight excluding hydrogens is 350 g/mol. The van der Waals surface area contributed by atoms with Gasteiger partial charge in [0.15, 0.2) is 11.5 Å². The van der Waals surface area contributed by atoms with Crippen LogP contribution in [-0.2, 0) is 16.1 Å². The Hall–Kier alpha value is -3.56. The Kier molecular flexibility index (Phi) is 4.74. The monoisotopic (exact) mass is 363 g/mol. The molecule has 0 fully saturated rings. The molecular formula is C16H13NO9. The number of esters is 2. The number of benzene rings is 1. The highest BCUT2D eigenvalue weighted by Gasteiger charge is 2.27. The third-order valence-corrected chi connectivity index (χ3v) is 3.47. The highest BCUT2D eigenvalue weighted by atomic mass is 16.6. The van der Waals surface area contributed by atoms with Crippen molar-refractivity contribution in [2.75, 3.05) is 20.3 Å². The zero-order chi connectivity index (χ0) is 18.7. The number of nitrogens with zero attached hydrogens (tertiary/aromatic N) is 1. The number of nitro benzene ring substituents is 1. The molecule has 2 heterocycles. The molecule has 2 aromatic rings. The van der Waals surface area contributed by atoms with E-state index in [1.807, 2.05) is 0 Å². The van der Waals surface area contributed by atoms with Gasteiger partial charge in [0.25, 0.3) is 5.69 Å². The van der Waals surface area contributed by atoms with Crippen LogP contribution in [-0.4, -0.2) is 37.2 Å². The van der Waals surface area contributed by atoms with Crippen LogP contribution in [0.15, 0.2) is 28.7 Å². The SMILES string of the molecule is COC(=O)c1ccc(COC(=O)c2cc3c(cc2[N+](=O)[O-])OCCO3)o1. The number of carbonyl (C=O) groups is 2. The molecule has 1 aromatic carbocycles. The van der Waals surface area contributed by atoms with E-state index >= 15 is 0 Å². The van der Waals surface area contributed by atoms with Crippen LogP contribution in [0.4, 0.5) is 5.69 Å². The Bertz CT molecular complexity index is 871. The molecule has 0 aliphatic carbocycles. The zero-order valence-electron chi connectivity index (χ0n) is 13.6. The van der Waals surface area contributed by atoms with Crippen LogP contribution in [0.2, 0.25) is 0 Å². The predicted octanol–water partition coefficient (Wildman–Crippen LogP) is 2.10. The maximum absolute atomic E-state index is 12.3. The van der Waals surface area contributed by atoms with E-state index in [1.165, 1.54) is 25.3 Å². The van der Waals surface area contributed by atoms with E-state index in [-0.39, 0.29) is 48.4 Å². The van der Waals surface area contributed by atoms with Crippen molar-refractivity contribution in [2.45, 2.75) is 6.61 Å². The van der Waals surface area contributed by atoms with Gasteiger partial charge in [0.2, 0.25) is 5.76 Å². The lowest BCUT2D eigenvalue weighted by Crippen LogP contribution is -2.17. The first kappa shape index (κ1) is 17.3. The van der Waals surface area contributed by atoms with Crippen molar-refractivity contribution >= 4 is 17.6 Å². The summed E-state index contributed by atoms with van der Waals surface area (Å²) in [5.41, 5.74) is -0.743. The maximum Gasteiger partial charge on any atom is 0.373 e. The molecule has 0 unspecified atom stereocenters. The predicted molar refractivity (Wildman–Crippen MR) is 83.3 cm³/mol. The second-order valence-corrected chi connectivity index (χ2v) is 5.10. The number of hydrogen-bond acceptors (Lipinski definition) is 9. The van der Waals surface area contributed by atoms with E-state index in [9.17, 15) is 19.7 Å². The average Bonchev–Trinajstić information content (AvgIpc) is 3.13. The Labute approximate surface area is 146 Å². The topological polar surface area (TPSA) is 127 Å². The molecule has 0 radical (unpaired) electrons. The summed E-state index contributed by atoms with van der Waals surface area (Å²) in [7, 11) is 1.20. The lowest BCUT2D eigenvalue weighted by molar-refractivity contribution is -0.385. The minimum absolute atomic E-state index is 0.0520. The third-order valence-electron chi connectivity index (χ3n) is 3.47. The standard InChI is InChI=1S/C16H13NO9/c1-22-16(19)12-3-2-9(26-12)8-25-15(18)10-6-13-14(24-5-4-23-13)7-11(10)17(20)21/h2-3,6-7H,4-5,8H2,1H3. The summed E-state index contributed by atoms with van der Waals surface area (Å²) in [4.78, 5) is 34.1. The molecule has 0 bridgehead atoms. The van der Waals surface area contributed by atoms with Crippen LogP contribution >= 0.6 is 0 Å². The van der Waals surface area contributed by atoms with Gasteiger partial charge < -0.3 is 23.4 Å². The molecule has 1 aliphatic heterocycles. The van der Waals surface area contributed by atoms with Crippen LogP contribution in [0, 0.1) is 10.1 Å². The molecule has 0 N–H and O–H groups in total. The molecule has 136 valence electrons. The third kappa shape index (κ3) is 3.43. The number of methoxy groups -OCH3 is 1. The van der Waals surface area contributed by atoms with E-state index in [2.05, 4.69) is 4.74 Å². The van der Waals surface area contributed by atoms with Gasteiger partial charge in [-0.05, 0) is 12.1 Å². The van der Waals surface area contributed by atoms with Crippen molar-refractivity contribution in [2.24, 2.45) is 0 Å². The first-order chi connectivity index (χ1) is 12.5. The first-order valence-electron chi connectivity index (χ1n) is 7.41. The minimum atomic E-state index is -0.940. The van der Waals surface area contributed by atoms with Crippen molar-refractivity contribution < 1.29 is 37.9 Å².